The molecule has 8 nitrogen and oxygen atoms in total. The second-order valence-electron chi connectivity index (χ2n) is 7.92. The van der Waals surface area contributed by atoms with Gasteiger partial charge in [0.25, 0.3) is 0 Å². The molecule has 0 spiro atoms. The number of carbonyl (C=O) groups is 2. The summed E-state index contributed by atoms with van der Waals surface area (Å²) in [6.45, 7) is 0. The molecule has 0 radical (unpaired) electrons. The Morgan fingerprint density at radius 2 is 1.34 bits per heavy atom. The van der Waals surface area contributed by atoms with Crippen molar-refractivity contribution in [2.45, 2.75) is 12.0 Å². The molecule has 4 heterocycles. The van der Waals surface area contributed by atoms with Crippen molar-refractivity contribution in [2.75, 3.05) is 4.90 Å². The summed E-state index contributed by atoms with van der Waals surface area (Å²) in [6.07, 6.45) is 2.04. The molecule has 0 saturated carbocycles. The molecule has 32 heavy (non-hydrogen) atoms. The number of para-hydroxylation sites is 1. The van der Waals surface area contributed by atoms with Gasteiger partial charge in [-0.05, 0) is 17.7 Å². The molecule has 7 rings (SSSR count). The van der Waals surface area contributed by atoms with Gasteiger partial charge in [0.2, 0.25) is 11.8 Å². The zero-order valence-corrected chi connectivity index (χ0v) is 17.4. The van der Waals surface area contributed by atoms with E-state index in [1.165, 1.54) is 16.0 Å². The standard InChI is InChI=1S/C23H17N2O2.ClH3O4/c26-22-19-18-15-10-4-5-11-16(15)21(24-13-7-6-12-17(18)24)20(19)23(27)25(22)14-8-2-1-3-9-14;2-1(3,4)5/h1-13,18-21H;2-4H/q+1;. The van der Waals surface area contributed by atoms with Crippen molar-refractivity contribution in [1.29, 1.82) is 0 Å². The maximum absolute atomic E-state index is 13.5. The molecule has 4 aliphatic rings. The first-order valence-electron chi connectivity index (χ1n) is 9.95. The van der Waals surface area contributed by atoms with Crippen LogP contribution in [-0.4, -0.2) is 25.8 Å². The molecule has 4 atom stereocenters. The molecule has 1 aromatic heterocycles. The van der Waals surface area contributed by atoms with Gasteiger partial charge in [0, 0.05) is 17.7 Å². The average Bonchev–Trinajstić information content (AvgIpc) is 3.04. The molecule has 1 aliphatic carbocycles. The van der Waals surface area contributed by atoms with E-state index < -0.39 is 10.2 Å². The molecule has 3 aliphatic heterocycles. The van der Waals surface area contributed by atoms with Gasteiger partial charge in [0.15, 0.2) is 17.9 Å². The number of nitrogens with zero attached hydrogens (tertiary/aromatic N) is 2. The zero-order chi connectivity index (χ0) is 22.6. The van der Waals surface area contributed by atoms with Crippen LogP contribution in [0.1, 0.15) is 28.8 Å². The van der Waals surface area contributed by atoms with Crippen molar-refractivity contribution in [1.82, 2.24) is 0 Å². The Labute approximate surface area is 185 Å². The minimum absolute atomic E-state index is 0.0733. The van der Waals surface area contributed by atoms with Gasteiger partial charge in [-0.1, -0.05) is 48.5 Å². The second kappa shape index (κ2) is 7.47. The van der Waals surface area contributed by atoms with Gasteiger partial charge in [-0.15, -0.1) is 0 Å². The van der Waals surface area contributed by atoms with Crippen LogP contribution in [-0.2, 0) is 9.59 Å². The molecule has 1 fully saturated rings. The van der Waals surface area contributed by atoms with Crippen LogP contribution < -0.4 is 14.1 Å². The summed E-state index contributed by atoms with van der Waals surface area (Å²) in [5.41, 5.74) is 4.15. The van der Waals surface area contributed by atoms with Crippen LogP contribution in [0, 0.1) is 22.1 Å². The van der Waals surface area contributed by atoms with Crippen molar-refractivity contribution in [3.05, 3.63) is 95.8 Å². The fourth-order valence-corrected chi connectivity index (χ4v) is 5.33. The molecular formula is C23H20ClN2O6+. The Hall–Kier alpha value is -3.14. The van der Waals surface area contributed by atoms with Gasteiger partial charge in [-0.25, -0.2) is 4.90 Å². The van der Waals surface area contributed by atoms with E-state index in [1.54, 1.807) is 0 Å². The maximum atomic E-state index is 13.5. The molecule has 2 aromatic carbocycles. The summed E-state index contributed by atoms with van der Waals surface area (Å²) in [7, 11) is -4.19. The number of hydrogen-bond acceptors (Lipinski definition) is 6. The number of benzene rings is 2. The minimum atomic E-state index is -4.19. The van der Waals surface area contributed by atoms with Crippen LogP contribution in [0.25, 0.3) is 0 Å². The van der Waals surface area contributed by atoms with Crippen molar-refractivity contribution in [2.24, 2.45) is 11.8 Å². The predicted molar refractivity (Wildman–Crippen MR) is 106 cm³/mol. The number of hydrogen-bond donors (Lipinski definition) is 3. The number of pyridine rings is 1. The van der Waals surface area contributed by atoms with E-state index in [0.29, 0.717) is 5.69 Å². The monoisotopic (exact) mass is 455 g/mol. The number of aromatic nitrogens is 1. The fraction of sp³-hybridized carbons (Fsp3) is 0.174. The molecule has 2 amide bonds. The average molecular weight is 456 g/mol. The predicted octanol–water partition coefficient (Wildman–Crippen LogP) is -0.0318. The fourth-order valence-electron chi connectivity index (χ4n) is 5.33. The molecule has 2 bridgehead atoms. The summed E-state index contributed by atoms with van der Waals surface area (Å²) in [5, 5.41) is 0. The Kier molecular flexibility index (Phi) is 4.85. The number of carbonyl (C=O) groups excluding carboxylic acids is 2. The quantitative estimate of drug-likeness (QED) is 0.349. The molecule has 3 N–H and O–H groups in total. The Balaban J connectivity index is 0.000000393. The topological polar surface area (TPSA) is 125 Å². The van der Waals surface area contributed by atoms with Crippen LogP contribution in [0.15, 0.2) is 79.0 Å². The Morgan fingerprint density at radius 1 is 0.781 bits per heavy atom. The third kappa shape index (κ3) is 3.21. The van der Waals surface area contributed by atoms with Gasteiger partial charge in [0.05, 0.1) is 17.5 Å². The number of amides is 2. The van der Waals surface area contributed by atoms with E-state index in [1.807, 2.05) is 60.8 Å². The van der Waals surface area contributed by atoms with E-state index in [2.05, 4.69) is 22.8 Å². The van der Waals surface area contributed by atoms with Crippen LogP contribution in [0.5, 0.6) is 0 Å². The van der Waals surface area contributed by atoms with Crippen LogP contribution in [0.4, 0.5) is 5.69 Å². The van der Waals surface area contributed by atoms with Crippen molar-refractivity contribution in [3.63, 3.8) is 0 Å². The molecular weight excluding hydrogens is 436 g/mol. The SMILES string of the molecule is O=C1C2C3c4ccccc4C(C2C(=O)N1c1ccccc1)[n+]1ccccc13.[O-][Cl+](O)(O)O. The summed E-state index contributed by atoms with van der Waals surface area (Å²) in [5.74, 6) is -0.918. The summed E-state index contributed by atoms with van der Waals surface area (Å²) < 4.78 is 32.4. The van der Waals surface area contributed by atoms with Crippen molar-refractivity contribution in [3.8, 4) is 0 Å². The van der Waals surface area contributed by atoms with Gasteiger partial charge in [0.1, 0.15) is 5.92 Å². The van der Waals surface area contributed by atoms with E-state index >= 15 is 0 Å². The van der Waals surface area contributed by atoms with Gasteiger partial charge in [-0.2, -0.15) is 4.57 Å². The number of anilines is 1. The summed E-state index contributed by atoms with van der Waals surface area (Å²) >= 11 is 0. The third-order valence-electron chi connectivity index (χ3n) is 6.30. The van der Waals surface area contributed by atoms with Crippen LogP contribution >= 0.6 is 0 Å². The second-order valence-corrected chi connectivity index (χ2v) is 8.78. The third-order valence-corrected chi connectivity index (χ3v) is 6.30. The normalized spacial score (nSPS) is 25.4. The first kappa shape index (κ1) is 20.7. The number of halogens is 1. The van der Waals surface area contributed by atoms with Crippen LogP contribution in [0.3, 0.4) is 0 Å². The number of rotatable bonds is 1. The Morgan fingerprint density at radius 3 is 2.03 bits per heavy atom. The van der Waals surface area contributed by atoms with E-state index in [0.717, 1.165) is 5.69 Å². The van der Waals surface area contributed by atoms with E-state index in [-0.39, 0.29) is 35.6 Å². The van der Waals surface area contributed by atoms with Gasteiger partial charge in [-0.3, -0.25) is 9.59 Å². The molecule has 164 valence electrons. The molecule has 3 aromatic rings. The molecule has 9 heteroatoms. The van der Waals surface area contributed by atoms with E-state index in [9.17, 15) is 9.59 Å². The summed E-state index contributed by atoms with van der Waals surface area (Å²) in [4.78, 5) is 28.3. The van der Waals surface area contributed by atoms with Gasteiger partial charge < -0.3 is 0 Å². The van der Waals surface area contributed by atoms with Gasteiger partial charge >= 0.3 is 28.9 Å². The zero-order valence-electron chi connectivity index (χ0n) is 16.7. The molecule has 1 saturated heterocycles. The Bertz CT molecular complexity index is 1090. The summed E-state index contributed by atoms with van der Waals surface area (Å²) in [6, 6.07) is 23.5. The number of imide groups is 1. The van der Waals surface area contributed by atoms with E-state index in [4.69, 9.17) is 18.6 Å². The first-order valence-corrected chi connectivity index (χ1v) is 11.3. The first-order chi connectivity index (χ1) is 15.3. The van der Waals surface area contributed by atoms with Crippen molar-refractivity contribution >= 4 is 17.5 Å². The van der Waals surface area contributed by atoms with Crippen molar-refractivity contribution < 1.29 is 43.0 Å². The van der Waals surface area contributed by atoms with Crippen LogP contribution in [0.2, 0.25) is 0 Å². The molecule has 4 unspecified atom stereocenters.